The van der Waals surface area contributed by atoms with Crippen molar-refractivity contribution in [2.45, 2.75) is 128 Å². The highest BCUT2D eigenvalue weighted by Crippen LogP contribution is 2.23. The van der Waals surface area contributed by atoms with Gasteiger partial charge < -0.3 is 0 Å². The van der Waals surface area contributed by atoms with E-state index in [2.05, 4.69) is 4.99 Å². The fourth-order valence-corrected chi connectivity index (χ4v) is 5.17. The molecule has 0 heterocycles. The molecule has 0 rings (SSSR count). The van der Waals surface area contributed by atoms with E-state index in [1.54, 1.807) is 6.08 Å². The average Bonchev–Trinajstić information content (AvgIpc) is 2.62. The van der Waals surface area contributed by atoms with E-state index in [0.29, 0.717) is 6.54 Å². The second-order valence-electron chi connectivity index (χ2n) is 8.16. The third-order valence-electron chi connectivity index (χ3n) is 5.20. The zero-order valence-electron chi connectivity index (χ0n) is 17.8. The van der Waals surface area contributed by atoms with E-state index in [9.17, 15) is 4.79 Å². The SMILES string of the molecule is C[Si](Cl)(Cl)CCCCCCCCCCCCCCCCCCCCN=C=O. The Morgan fingerprint density at radius 3 is 1.19 bits per heavy atom. The molecule has 0 aliphatic rings. The van der Waals surface area contributed by atoms with Crippen LogP contribution in [0.1, 0.15) is 116 Å². The lowest BCUT2D eigenvalue weighted by atomic mass is 10.0. The quantitative estimate of drug-likeness (QED) is 0.0580. The molecular weight excluding hydrogens is 393 g/mol. The molecule has 0 aromatic carbocycles. The summed E-state index contributed by atoms with van der Waals surface area (Å²) in [6, 6.07) is 1.05. The number of unbranched alkanes of at least 4 members (excludes halogenated alkanes) is 17. The second-order valence-corrected chi connectivity index (χ2v) is 16.4. The molecule has 0 fully saturated rings. The highest BCUT2D eigenvalue weighted by atomic mass is 35.7. The lowest BCUT2D eigenvalue weighted by Crippen LogP contribution is -2.11. The molecule has 5 heteroatoms. The maximum Gasteiger partial charge on any atom is 0.248 e. The Hall–Kier alpha value is 0.177. The lowest BCUT2D eigenvalue weighted by molar-refractivity contribution is 0.525. The summed E-state index contributed by atoms with van der Waals surface area (Å²) in [5.74, 6) is 0. The van der Waals surface area contributed by atoms with Gasteiger partial charge in [-0.15, -0.1) is 22.2 Å². The van der Waals surface area contributed by atoms with Crippen molar-refractivity contribution in [3.8, 4) is 0 Å². The van der Waals surface area contributed by atoms with Gasteiger partial charge in [-0.25, -0.2) is 9.79 Å². The van der Waals surface area contributed by atoms with Crippen molar-refractivity contribution in [1.82, 2.24) is 0 Å². The largest absolute Gasteiger partial charge is 0.248 e. The summed E-state index contributed by atoms with van der Waals surface area (Å²) in [4.78, 5) is 13.5. The number of isocyanates is 1. The molecule has 0 amide bonds. The number of hydrogen-bond donors (Lipinski definition) is 0. The van der Waals surface area contributed by atoms with Gasteiger partial charge in [0, 0.05) is 0 Å². The van der Waals surface area contributed by atoms with Crippen LogP contribution in [0.3, 0.4) is 0 Å². The van der Waals surface area contributed by atoms with Crippen molar-refractivity contribution in [1.29, 1.82) is 0 Å². The maximum atomic E-state index is 9.92. The van der Waals surface area contributed by atoms with Crippen LogP contribution in [0, 0.1) is 0 Å². The number of halogens is 2. The van der Waals surface area contributed by atoms with Gasteiger partial charge in [-0.2, -0.15) is 0 Å². The Kier molecular flexibility index (Phi) is 21.0. The van der Waals surface area contributed by atoms with Crippen molar-refractivity contribution in [3.63, 3.8) is 0 Å². The van der Waals surface area contributed by atoms with Crippen LogP contribution in [-0.2, 0) is 4.79 Å². The van der Waals surface area contributed by atoms with Crippen LogP contribution >= 0.6 is 22.2 Å². The molecule has 0 N–H and O–H groups in total. The first-order valence-corrected chi connectivity index (χ1v) is 16.2. The fraction of sp³-hybridized carbons (Fsp3) is 0.955. The zero-order valence-corrected chi connectivity index (χ0v) is 20.3. The molecule has 0 atom stereocenters. The number of carbonyl (C=O) groups excluding carboxylic acids is 1. The molecule has 2 nitrogen and oxygen atoms in total. The van der Waals surface area contributed by atoms with Crippen LogP contribution in [0.5, 0.6) is 0 Å². The Morgan fingerprint density at radius 1 is 0.593 bits per heavy atom. The van der Waals surface area contributed by atoms with E-state index in [4.69, 9.17) is 22.2 Å². The van der Waals surface area contributed by atoms with Crippen LogP contribution in [0.2, 0.25) is 12.6 Å². The van der Waals surface area contributed by atoms with Gasteiger partial charge in [-0.05, 0) is 19.0 Å². The van der Waals surface area contributed by atoms with Gasteiger partial charge >= 0.3 is 0 Å². The van der Waals surface area contributed by atoms with Gasteiger partial charge in [0.05, 0.1) is 6.54 Å². The minimum absolute atomic E-state index is 0.660. The standard InChI is InChI=1S/C22H43Cl2NOSi/c1-27(23,24)21-19-17-15-13-11-9-7-5-3-2-4-6-8-10-12-14-16-18-20-25-22-26/h2-21H2,1H3. The van der Waals surface area contributed by atoms with Crippen LogP contribution in [0.4, 0.5) is 0 Å². The van der Waals surface area contributed by atoms with Crippen LogP contribution in [-0.4, -0.2) is 19.3 Å². The number of rotatable bonds is 21. The fourth-order valence-electron chi connectivity index (χ4n) is 3.50. The normalized spacial score (nSPS) is 11.5. The second kappa shape index (κ2) is 20.9. The first-order chi connectivity index (χ1) is 13.1. The third kappa shape index (κ3) is 26.2. The summed E-state index contributed by atoms with van der Waals surface area (Å²) >= 11 is 12.2. The van der Waals surface area contributed by atoms with E-state index in [0.717, 1.165) is 12.5 Å². The summed E-state index contributed by atoms with van der Waals surface area (Å²) in [5.41, 5.74) is 0. The minimum atomic E-state index is -1.84. The van der Waals surface area contributed by atoms with Crippen LogP contribution in [0.15, 0.2) is 4.99 Å². The van der Waals surface area contributed by atoms with Crippen LogP contribution in [0.25, 0.3) is 0 Å². The summed E-state index contributed by atoms with van der Waals surface area (Å²) in [6.07, 6.45) is 25.8. The van der Waals surface area contributed by atoms with Gasteiger partial charge in [0.25, 0.3) is 0 Å². The zero-order chi connectivity index (χ0) is 20.1. The first kappa shape index (κ1) is 27.2. The van der Waals surface area contributed by atoms with Crippen molar-refractivity contribution < 1.29 is 4.79 Å². The van der Waals surface area contributed by atoms with E-state index in [1.807, 2.05) is 6.55 Å². The van der Waals surface area contributed by atoms with E-state index >= 15 is 0 Å². The highest BCUT2D eigenvalue weighted by Gasteiger charge is 2.19. The summed E-state index contributed by atoms with van der Waals surface area (Å²) in [5, 5.41) is 0. The molecule has 0 aliphatic carbocycles. The lowest BCUT2D eigenvalue weighted by Gasteiger charge is -2.09. The molecule has 0 saturated heterocycles. The van der Waals surface area contributed by atoms with Crippen molar-refractivity contribution >= 4 is 34.9 Å². The molecule has 0 unspecified atom stereocenters. The highest BCUT2D eigenvalue weighted by molar-refractivity contribution is 7.44. The molecule has 27 heavy (non-hydrogen) atoms. The van der Waals surface area contributed by atoms with Gasteiger partial charge in [0.15, 0.2) is 0 Å². The predicted octanol–water partition coefficient (Wildman–Crippen LogP) is 8.89. The number of aliphatic imine (C=N–C) groups is 1. The Bertz CT molecular complexity index is 355. The van der Waals surface area contributed by atoms with Gasteiger partial charge in [-0.3, -0.25) is 0 Å². The van der Waals surface area contributed by atoms with Gasteiger partial charge in [0.2, 0.25) is 12.8 Å². The minimum Gasteiger partial charge on any atom is -0.211 e. The van der Waals surface area contributed by atoms with Crippen LogP contribution < -0.4 is 0 Å². The Labute approximate surface area is 179 Å². The van der Waals surface area contributed by atoms with Gasteiger partial charge in [-0.1, -0.05) is 109 Å². The Balaban J connectivity index is 3.04. The topological polar surface area (TPSA) is 29.4 Å². The number of hydrogen-bond acceptors (Lipinski definition) is 2. The molecule has 0 aliphatic heterocycles. The van der Waals surface area contributed by atoms with Crippen molar-refractivity contribution in [2.75, 3.05) is 6.54 Å². The Morgan fingerprint density at radius 2 is 0.889 bits per heavy atom. The van der Waals surface area contributed by atoms with Crippen molar-refractivity contribution in [3.05, 3.63) is 0 Å². The molecule has 0 aromatic rings. The molecule has 160 valence electrons. The van der Waals surface area contributed by atoms with Crippen molar-refractivity contribution in [2.24, 2.45) is 4.99 Å². The number of nitrogens with zero attached hydrogens (tertiary/aromatic N) is 1. The maximum absolute atomic E-state index is 9.92. The summed E-state index contributed by atoms with van der Waals surface area (Å²) < 4.78 is 0. The first-order valence-electron chi connectivity index (χ1n) is 11.5. The molecule has 0 saturated carbocycles. The third-order valence-corrected chi connectivity index (χ3v) is 7.57. The van der Waals surface area contributed by atoms with E-state index in [1.165, 1.54) is 109 Å². The van der Waals surface area contributed by atoms with E-state index < -0.39 is 6.69 Å². The monoisotopic (exact) mass is 435 g/mol. The molecule has 0 spiro atoms. The average molecular weight is 437 g/mol. The predicted molar refractivity (Wildman–Crippen MR) is 124 cm³/mol. The summed E-state index contributed by atoms with van der Waals surface area (Å²) in [7, 11) is 0. The van der Waals surface area contributed by atoms with E-state index in [-0.39, 0.29) is 0 Å². The molecular formula is C22H43Cl2NOSi. The summed E-state index contributed by atoms with van der Waals surface area (Å²) in [6.45, 7) is 0.840. The molecule has 0 radical (unpaired) electrons. The molecule has 0 bridgehead atoms. The molecule has 0 aromatic heterocycles. The smallest absolute Gasteiger partial charge is 0.211 e. The van der Waals surface area contributed by atoms with Gasteiger partial charge in [0.1, 0.15) is 0 Å².